The normalized spacial score (nSPS) is 11.4. The Morgan fingerprint density at radius 1 is 1.24 bits per heavy atom. The molecule has 0 spiro atoms. The average Bonchev–Trinajstić information content (AvgIpc) is 3.04. The van der Waals surface area contributed by atoms with Gasteiger partial charge in [-0.3, -0.25) is 9.98 Å². The Bertz CT molecular complexity index is 520. The van der Waals surface area contributed by atoms with Crippen LogP contribution in [0, 0.1) is 0 Å². The Kier molecular flexibility index (Phi) is 6.25. The summed E-state index contributed by atoms with van der Waals surface area (Å²) in [5, 5.41) is 6.59. The van der Waals surface area contributed by atoms with E-state index in [0.29, 0.717) is 0 Å². The molecule has 0 saturated heterocycles. The lowest BCUT2D eigenvalue weighted by Crippen LogP contribution is -2.39. The van der Waals surface area contributed by atoms with Gasteiger partial charge in [-0.1, -0.05) is 6.07 Å². The Morgan fingerprint density at radius 2 is 2.14 bits per heavy atom. The fourth-order valence-electron chi connectivity index (χ4n) is 1.96. The minimum Gasteiger partial charge on any atom is -0.356 e. The molecule has 2 heterocycles. The highest BCUT2D eigenvalue weighted by Crippen LogP contribution is 1.93. The van der Waals surface area contributed by atoms with Gasteiger partial charge in [0.15, 0.2) is 5.96 Å². The van der Waals surface area contributed by atoms with Gasteiger partial charge in [0.05, 0.1) is 6.33 Å². The predicted molar refractivity (Wildman–Crippen MR) is 84.1 cm³/mol. The van der Waals surface area contributed by atoms with Gasteiger partial charge in [-0.05, 0) is 18.6 Å². The van der Waals surface area contributed by atoms with E-state index in [-0.39, 0.29) is 0 Å². The third kappa shape index (κ3) is 5.64. The highest BCUT2D eigenvalue weighted by Gasteiger charge is 1.98. The molecule has 21 heavy (non-hydrogen) atoms. The van der Waals surface area contributed by atoms with Crippen LogP contribution >= 0.6 is 0 Å². The van der Waals surface area contributed by atoms with Gasteiger partial charge in [0.25, 0.3) is 0 Å². The quantitative estimate of drug-likeness (QED) is 0.454. The van der Waals surface area contributed by atoms with E-state index in [1.54, 1.807) is 13.2 Å². The number of rotatable bonds is 7. The van der Waals surface area contributed by atoms with E-state index in [1.807, 2.05) is 36.9 Å². The Balaban J connectivity index is 1.60. The number of aryl methyl sites for hydroxylation is 1. The van der Waals surface area contributed by atoms with Crippen LogP contribution in [-0.2, 0) is 13.0 Å². The fourth-order valence-corrected chi connectivity index (χ4v) is 1.96. The highest BCUT2D eigenvalue weighted by atomic mass is 15.2. The van der Waals surface area contributed by atoms with Crippen LogP contribution in [0.4, 0.5) is 0 Å². The second-order valence-corrected chi connectivity index (χ2v) is 4.65. The molecule has 6 nitrogen and oxygen atoms in total. The van der Waals surface area contributed by atoms with Crippen molar-refractivity contribution in [2.75, 3.05) is 20.1 Å². The van der Waals surface area contributed by atoms with E-state index < -0.39 is 0 Å². The Morgan fingerprint density at radius 3 is 2.86 bits per heavy atom. The Hall–Kier alpha value is -2.37. The van der Waals surface area contributed by atoms with Gasteiger partial charge in [0.2, 0.25) is 0 Å². The molecule has 0 fully saturated rings. The summed E-state index contributed by atoms with van der Waals surface area (Å²) in [6.45, 7) is 2.65. The maximum atomic E-state index is 4.30. The first-order chi connectivity index (χ1) is 10.4. The van der Waals surface area contributed by atoms with Crippen molar-refractivity contribution >= 4 is 5.96 Å². The molecule has 2 aromatic rings. The van der Waals surface area contributed by atoms with Crippen molar-refractivity contribution in [3.8, 4) is 0 Å². The van der Waals surface area contributed by atoms with Crippen molar-refractivity contribution in [1.29, 1.82) is 0 Å². The van der Waals surface area contributed by atoms with Crippen LogP contribution in [-0.4, -0.2) is 40.6 Å². The SMILES string of the molecule is CN=C(NCCCn1ccnc1)NCCc1ccccn1. The summed E-state index contributed by atoms with van der Waals surface area (Å²) in [5.74, 6) is 0.830. The van der Waals surface area contributed by atoms with Crippen LogP contribution in [0.3, 0.4) is 0 Å². The molecule has 0 radical (unpaired) electrons. The van der Waals surface area contributed by atoms with Crippen LogP contribution in [0.1, 0.15) is 12.1 Å². The average molecular weight is 286 g/mol. The van der Waals surface area contributed by atoms with Gasteiger partial charge in [-0.25, -0.2) is 4.98 Å². The topological polar surface area (TPSA) is 67.1 Å². The third-order valence-electron chi connectivity index (χ3n) is 3.07. The Labute approximate surface area is 125 Å². The molecule has 0 aliphatic carbocycles. The number of hydrogen-bond acceptors (Lipinski definition) is 3. The second-order valence-electron chi connectivity index (χ2n) is 4.65. The van der Waals surface area contributed by atoms with Crippen molar-refractivity contribution in [3.63, 3.8) is 0 Å². The summed E-state index contributed by atoms with van der Waals surface area (Å²) in [6, 6.07) is 5.96. The standard InChI is InChI=1S/C15H22N6/c1-16-15(19-8-4-11-21-12-10-17-13-21)20-9-6-14-5-2-3-7-18-14/h2-3,5,7,10,12-13H,4,6,8-9,11H2,1H3,(H2,16,19,20). The molecular weight excluding hydrogens is 264 g/mol. The van der Waals surface area contributed by atoms with Gasteiger partial charge in [0, 0.05) is 57.4 Å². The first-order valence-electron chi connectivity index (χ1n) is 7.18. The molecule has 0 amide bonds. The van der Waals surface area contributed by atoms with Gasteiger partial charge >= 0.3 is 0 Å². The molecule has 2 N–H and O–H groups in total. The largest absolute Gasteiger partial charge is 0.356 e. The molecule has 0 aromatic carbocycles. The molecule has 0 unspecified atom stereocenters. The molecule has 2 aromatic heterocycles. The lowest BCUT2D eigenvalue weighted by molar-refractivity contribution is 0.624. The number of nitrogens with zero attached hydrogens (tertiary/aromatic N) is 4. The van der Waals surface area contributed by atoms with E-state index in [1.165, 1.54) is 0 Å². The second kappa shape index (κ2) is 8.73. The number of aliphatic imine (C=N–C) groups is 1. The van der Waals surface area contributed by atoms with Gasteiger partial charge in [-0.2, -0.15) is 0 Å². The first-order valence-corrected chi connectivity index (χ1v) is 7.18. The van der Waals surface area contributed by atoms with E-state index in [0.717, 1.165) is 44.1 Å². The number of pyridine rings is 1. The number of imidazole rings is 1. The summed E-state index contributed by atoms with van der Waals surface area (Å²) in [7, 11) is 1.78. The van der Waals surface area contributed by atoms with Gasteiger partial charge in [0.1, 0.15) is 0 Å². The van der Waals surface area contributed by atoms with E-state index in [9.17, 15) is 0 Å². The van der Waals surface area contributed by atoms with Crippen molar-refractivity contribution in [1.82, 2.24) is 25.2 Å². The molecule has 6 heteroatoms. The van der Waals surface area contributed by atoms with Crippen molar-refractivity contribution in [2.24, 2.45) is 4.99 Å². The summed E-state index contributed by atoms with van der Waals surface area (Å²) in [6.07, 6.45) is 9.33. The smallest absolute Gasteiger partial charge is 0.190 e. The number of nitrogens with one attached hydrogen (secondary N) is 2. The van der Waals surface area contributed by atoms with Crippen LogP contribution in [0.5, 0.6) is 0 Å². The molecule has 0 bridgehead atoms. The molecule has 112 valence electrons. The van der Waals surface area contributed by atoms with Crippen LogP contribution in [0.2, 0.25) is 0 Å². The van der Waals surface area contributed by atoms with Crippen molar-refractivity contribution in [2.45, 2.75) is 19.4 Å². The predicted octanol–water partition coefficient (Wildman–Crippen LogP) is 1.08. The van der Waals surface area contributed by atoms with Crippen LogP contribution in [0.15, 0.2) is 48.1 Å². The number of hydrogen-bond donors (Lipinski definition) is 2. The molecule has 0 atom stereocenters. The maximum absolute atomic E-state index is 4.30. The molecule has 0 aliphatic heterocycles. The number of guanidine groups is 1. The summed E-state index contributed by atoms with van der Waals surface area (Å²) in [4.78, 5) is 12.5. The molecule has 2 rings (SSSR count). The molecule has 0 saturated carbocycles. The summed E-state index contributed by atoms with van der Waals surface area (Å²) < 4.78 is 2.07. The van der Waals surface area contributed by atoms with E-state index in [2.05, 4.69) is 30.2 Å². The van der Waals surface area contributed by atoms with Crippen LogP contribution in [0.25, 0.3) is 0 Å². The fraction of sp³-hybridized carbons (Fsp3) is 0.400. The monoisotopic (exact) mass is 286 g/mol. The third-order valence-corrected chi connectivity index (χ3v) is 3.07. The zero-order chi connectivity index (χ0) is 14.8. The minimum absolute atomic E-state index is 0.818. The zero-order valence-corrected chi connectivity index (χ0v) is 12.4. The van der Waals surface area contributed by atoms with Crippen molar-refractivity contribution in [3.05, 3.63) is 48.8 Å². The number of aromatic nitrogens is 3. The maximum Gasteiger partial charge on any atom is 0.190 e. The van der Waals surface area contributed by atoms with Gasteiger partial charge < -0.3 is 15.2 Å². The summed E-state index contributed by atoms with van der Waals surface area (Å²) in [5.41, 5.74) is 1.08. The molecule has 0 aliphatic rings. The van der Waals surface area contributed by atoms with E-state index >= 15 is 0 Å². The lowest BCUT2D eigenvalue weighted by Gasteiger charge is -2.11. The van der Waals surface area contributed by atoms with Crippen molar-refractivity contribution < 1.29 is 0 Å². The zero-order valence-electron chi connectivity index (χ0n) is 12.4. The lowest BCUT2D eigenvalue weighted by atomic mass is 10.3. The highest BCUT2D eigenvalue weighted by molar-refractivity contribution is 5.79. The molecular formula is C15H22N6. The summed E-state index contributed by atoms with van der Waals surface area (Å²) >= 11 is 0. The van der Waals surface area contributed by atoms with E-state index in [4.69, 9.17) is 0 Å². The first kappa shape index (κ1) is 15.0. The minimum atomic E-state index is 0.818. The van der Waals surface area contributed by atoms with Crippen LogP contribution < -0.4 is 10.6 Å². The van der Waals surface area contributed by atoms with Gasteiger partial charge in [-0.15, -0.1) is 0 Å².